The van der Waals surface area contributed by atoms with Crippen molar-refractivity contribution in [3.05, 3.63) is 0 Å². The van der Waals surface area contributed by atoms with Crippen molar-refractivity contribution >= 4 is 10.9 Å². The van der Waals surface area contributed by atoms with E-state index < -0.39 is 10.9 Å². The lowest BCUT2D eigenvalue weighted by atomic mass is 10.00. The van der Waals surface area contributed by atoms with E-state index in [0.717, 1.165) is 12.8 Å². The summed E-state index contributed by atoms with van der Waals surface area (Å²) in [4.78, 5) is 0. The molecule has 0 heterocycles. The van der Waals surface area contributed by atoms with Gasteiger partial charge in [0.2, 0.25) is 10.9 Å². The summed E-state index contributed by atoms with van der Waals surface area (Å²) < 4.78 is 22.9. The van der Waals surface area contributed by atoms with E-state index in [1.165, 1.54) is 12.8 Å². The Morgan fingerprint density at radius 1 is 1.33 bits per heavy atom. The molecule has 12 heavy (non-hydrogen) atoms. The fourth-order valence-corrected chi connectivity index (χ4v) is 1.55. The van der Waals surface area contributed by atoms with E-state index in [0.29, 0.717) is 12.5 Å². The molecule has 0 aliphatic heterocycles. The van der Waals surface area contributed by atoms with Crippen LogP contribution < -0.4 is 4.72 Å². The van der Waals surface area contributed by atoms with Crippen molar-refractivity contribution < 1.29 is 8.42 Å². The summed E-state index contributed by atoms with van der Waals surface area (Å²) in [5.41, 5.74) is 0. The van der Waals surface area contributed by atoms with E-state index in [9.17, 15) is 8.42 Å². The van der Waals surface area contributed by atoms with Crippen molar-refractivity contribution in [2.45, 2.75) is 39.5 Å². The van der Waals surface area contributed by atoms with Crippen LogP contribution in [0.15, 0.2) is 0 Å². The summed E-state index contributed by atoms with van der Waals surface area (Å²) in [5, 5.41) is 0. The van der Waals surface area contributed by atoms with E-state index in [4.69, 9.17) is 0 Å². The number of thiol groups is 1. The maximum Gasteiger partial charge on any atom is 0.201 e. The molecule has 0 aromatic carbocycles. The van der Waals surface area contributed by atoms with Crippen LogP contribution in [0.4, 0.5) is 0 Å². The van der Waals surface area contributed by atoms with E-state index in [-0.39, 0.29) is 0 Å². The van der Waals surface area contributed by atoms with Crippen molar-refractivity contribution in [1.29, 1.82) is 0 Å². The lowest BCUT2D eigenvalue weighted by Gasteiger charge is -2.12. The third-order valence-corrected chi connectivity index (χ3v) is 2.49. The van der Waals surface area contributed by atoms with Gasteiger partial charge < -0.3 is 0 Å². The third-order valence-electron chi connectivity index (χ3n) is 2.05. The lowest BCUT2D eigenvalue weighted by Crippen LogP contribution is -2.20. The summed E-state index contributed by atoms with van der Waals surface area (Å²) >= 11 is 0. The minimum absolute atomic E-state index is 0.512. The summed E-state index contributed by atoms with van der Waals surface area (Å²) in [6, 6.07) is 0. The normalized spacial score (nSPS) is 13.6. The molecule has 0 fully saturated rings. The quantitative estimate of drug-likeness (QED) is 0.599. The van der Waals surface area contributed by atoms with Crippen LogP contribution in [0.1, 0.15) is 39.5 Å². The largest absolute Gasteiger partial charge is 0.217 e. The molecule has 0 aromatic rings. The molecule has 3 nitrogen and oxygen atoms in total. The Bertz CT molecular complexity index is 160. The first-order chi connectivity index (χ1) is 5.70. The standard InChI is InChI=1S/C8H19NO2S/c1-3-5-6-8(4-2)7-9-12(10)11/h8,12H,3-7H2,1-2H3,(H,9,10,11). The molecule has 0 amide bonds. The van der Waals surface area contributed by atoms with Gasteiger partial charge in [-0.25, -0.2) is 13.1 Å². The topological polar surface area (TPSA) is 46.2 Å². The Kier molecular flexibility index (Phi) is 7.50. The number of nitrogens with one attached hydrogen (secondary N) is 1. The fourth-order valence-electron chi connectivity index (χ4n) is 1.15. The zero-order valence-corrected chi connectivity index (χ0v) is 8.77. The van der Waals surface area contributed by atoms with Gasteiger partial charge in [-0.2, -0.15) is 0 Å². The summed E-state index contributed by atoms with van der Waals surface area (Å²) in [6.45, 7) is 4.85. The molecule has 0 rings (SSSR count). The predicted octanol–water partition coefficient (Wildman–Crippen LogP) is 1.32. The van der Waals surface area contributed by atoms with Gasteiger partial charge in [0.1, 0.15) is 0 Å². The Morgan fingerprint density at radius 3 is 2.42 bits per heavy atom. The van der Waals surface area contributed by atoms with Gasteiger partial charge in [0, 0.05) is 6.54 Å². The second-order valence-electron chi connectivity index (χ2n) is 3.04. The monoisotopic (exact) mass is 193 g/mol. The number of hydrogen-bond acceptors (Lipinski definition) is 2. The van der Waals surface area contributed by atoms with E-state index in [1.807, 2.05) is 0 Å². The lowest BCUT2D eigenvalue weighted by molar-refractivity contribution is 0.446. The first kappa shape index (κ1) is 11.9. The molecule has 0 aliphatic carbocycles. The van der Waals surface area contributed by atoms with Gasteiger partial charge in [0.25, 0.3) is 0 Å². The van der Waals surface area contributed by atoms with Crippen LogP contribution in [-0.4, -0.2) is 15.0 Å². The third kappa shape index (κ3) is 6.61. The Balaban J connectivity index is 3.52. The van der Waals surface area contributed by atoms with Gasteiger partial charge in [0.05, 0.1) is 0 Å². The predicted molar refractivity (Wildman–Crippen MR) is 51.6 cm³/mol. The fraction of sp³-hybridized carbons (Fsp3) is 1.00. The highest BCUT2D eigenvalue weighted by Crippen LogP contribution is 2.10. The zero-order chi connectivity index (χ0) is 9.40. The van der Waals surface area contributed by atoms with Crippen molar-refractivity contribution in [3.63, 3.8) is 0 Å². The van der Waals surface area contributed by atoms with E-state index in [1.54, 1.807) is 0 Å². The SMILES string of the molecule is CCCCC(CC)CN[SH](=O)=O. The number of unbranched alkanes of at least 4 members (excludes halogenated alkanes) is 1. The molecule has 1 N–H and O–H groups in total. The molecule has 0 aliphatic rings. The van der Waals surface area contributed by atoms with Crippen LogP contribution in [0, 0.1) is 5.92 Å². The minimum atomic E-state index is -2.40. The molecule has 1 unspecified atom stereocenters. The molecule has 0 saturated heterocycles. The van der Waals surface area contributed by atoms with Crippen LogP contribution in [0.3, 0.4) is 0 Å². The average molecular weight is 193 g/mol. The molecule has 1 atom stereocenters. The maximum atomic E-state index is 10.2. The highest BCUT2D eigenvalue weighted by Gasteiger charge is 2.04. The van der Waals surface area contributed by atoms with Crippen LogP contribution in [0.5, 0.6) is 0 Å². The minimum Gasteiger partial charge on any atom is -0.217 e. The molecule has 0 saturated carbocycles. The molecule has 0 aromatic heterocycles. The molecule has 0 spiro atoms. The number of hydrogen-bond donors (Lipinski definition) is 2. The highest BCUT2D eigenvalue weighted by atomic mass is 32.2. The van der Waals surface area contributed by atoms with Crippen LogP contribution in [0.25, 0.3) is 0 Å². The first-order valence-corrected chi connectivity index (χ1v) is 5.76. The van der Waals surface area contributed by atoms with Gasteiger partial charge in [-0.05, 0) is 12.3 Å². The Labute approximate surface area is 76.6 Å². The van der Waals surface area contributed by atoms with E-state index >= 15 is 0 Å². The van der Waals surface area contributed by atoms with Gasteiger partial charge in [-0.1, -0.05) is 33.1 Å². The van der Waals surface area contributed by atoms with Crippen LogP contribution in [-0.2, 0) is 10.9 Å². The molecule has 0 radical (unpaired) electrons. The van der Waals surface area contributed by atoms with Crippen LogP contribution >= 0.6 is 0 Å². The van der Waals surface area contributed by atoms with Gasteiger partial charge in [-0.3, -0.25) is 0 Å². The van der Waals surface area contributed by atoms with Crippen molar-refractivity contribution in [2.75, 3.05) is 6.54 Å². The Morgan fingerprint density at radius 2 is 2.00 bits per heavy atom. The average Bonchev–Trinajstić information content (AvgIpc) is 2.05. The molecular formula is C8H19NO2S. The first-order valence-electron chi connectivity index (χ1n) is 4.58. The van der Waals surface area contributed by atoms with Gasteiger partial charge in [-0.15, -0.1) is 0 Å². The van der Waals surface area contributed by atoms with E-state index in [2.05, 4.69) is 18.6 Å². The number of rotatable bonds is 7. The van der Waals surface area contributed by atoms with Crippen molar-refractivity contribution in [2.24, 2.45) is 5.92 Å². The Hall–Kier alpha value is -0.0900. The van der Waals surface area contributed by atoms with Crippen LogP contribution in [0.2, 0.25) is 0 Å². The maximum absolute atomic E-state index is 10.2. The second kappa shape index (κ2) is 7.55. The molecule has 0 bridgehead atoms. The summed E-state index contributed by atoms with van der Waals surface area (Å²) in [6.07, 6.45) is 4.55. The summed E-state index contributed by atoms with van der Waals surface area (Å²) in [7, 11) is -2.40. The van der Waals surface area contributed by atoms with Crippen molar-refractivity contribution in [3.8, 4) is 0 Å². The smallest absolute Gasteiger partial charge is 0.201 e. The highest BCUT2D eigenvalue weighted by molar-refractivity contribution is 7.70. The summed E-state index contributed by atoms with van der Waals surface area (Å²) in [5.74, 6) is 0.512. The molecule has 74 valence electrons. The molecular weight excluding hydrogens is 174 g/mol. The van der Waals surface area contributed by atoms with Gasteiger partial charge >= 0.3 is 0 Å². The zero-order valence-electron chi connectivity index (χ0n) is 7.88. The van der Waals surface area contributed by atoms with Crippen molar-refractivity contribution in [1.82, 2.24) is 4.72 Å². The molecule has 4 heteroatoms. The second-order valence-corrected chi connectivity index (χ2v) is 3.87. The van der Waals surface area contributed by atoms with Gasteiger partial charge in [0.15, 0.2) is 0 Å².